The second-order valence-electron chi connectivity index (χ2n) is 5.54. The lowest BCUT2D eigenvalue weighted by molar-refractivity contribution is -0.394. The summed E-state index contributed by atoms with van der Waals surface area (Å²) >= 11 is 12.2. The number of halogens is 5. The van der Waals surface area contributed by atoms with E-state index in [0.29, 0.717) is 17.2 Å². The minimum absolute atomic E-state index is 0.0358. The molecule has 144 valence electrons. The van der Waals surface area contributed by atoms with Gasteiger partial charge >= 0.3 is 6.18 Å². The summed E-state index contributed by atoms with van der Waals surface area (Å²) in [6.45, 7) is 3.15. The molecular formula is C15H10Cl2F3N3O4. The van der Waals surface area contributed by atoms with Crippen LogP contribution in [0.2, 0.25) is 10.0 Å². The standard InChI is InChI=1S/C15H10Cl2F3N3O4/c1-6-3-7(2)12(17)14(11(6)16)21-13-9(15(18,19)20)4-8(22(24)25)5-10(13)23(26)27/h3-5,21H,1-2H3. The van der Waals surface area contributed by atoms with Gasteiger partial charge in [0.15, 0.2) is 0 Å². The van der Waals surface area contributed by atoms with E-state index in [0.717, 1.165) is 0 Å². The molecule has 0 atom stereocenters. The van der Waals surface area contributed by atoms with Gasteiger partial charge in [-0.15, -0.1) is 0 Å². The second kappa shape index (κ2) is 7.20. The van der Waals surface area contributed by atoms with Gasteiger partial charge in [-0.05, 0) is 25.0 Å². The lowest BCUT2D eigenvalue weighted by Gasteiger charge is -2.18. The highest BCUT2D eigenvalue weighted by molar-refractivity contribution is 6.40. The van der Waals surface area contributed by atoms with Gasteiger partial charge in [-0.2, -0.15) is 13.2 Å². The molecule has 1 N–H and O–H groups in total. The zero-order chi connectivity index (χ0) is 20.7. The van der Waals surface area contributed by atoms with Crippen LogP contribution >= 0.6 is 23.2 Å². The van der Waals surface area contributed by atoms with Crippen molar-refractivity contribution < 1.29 is 23.0 Å². The molecule has 27 heavy (non-hydrogen) atoms. The number of nitrogens with zero attached hydrogens (tertiary/aromatic N) is 2. The summed E-state index contributed by atoms with van der Waals surface area (Å²) in [6, 6.07) is 2.23. The molecule has 0 bridgehead atoms. The Kier molecular flexibility index (Phi) is 5.52. The molecule has 0 heterocycles. The van der Waals surface area contributed by atoms with Gasteiger partial charge in [-0.3, -0.25) is 20.2 Å². The van der Waals surface area contributed by atoms with Gasteiger partial charge in [-0.25, -0.2) is 0 Å². The summed E-state index contributed by atoms with van der Waals surface area (Å²) in [4.78, 5) is 19.8. The molecule has 0 spiro atoms. The number of anilines is 2. The minimum atomic E-state index is -5.11. The van der Waals surface area contributed by atoms with E-state index in [1.807, 2.05) is 0 Å². The topological polar surface area (TPSA) is 98.3 Å². The van der Waals surface area contributed by atoms with Gasteiger partial charge < -0.3 is 5.32 Å². The van der Waals surface area contributed by atoms with E-state index < -0.39 is 38.6 Å². The third-order valence-corrected chi connectivity index (χ3v) is 4.60. The molecule has 0 unspecified atom stereocenters. The zero-order valence-corrected chi connectivity index (χ0v) is 15.2. The fourth-order valence-corrected chi connectivity index (χ4v) is 2.83. The maximum absolute atomic E-state index is 13.4. The Bertz CT molecular complexity index is 938. The Morgan fingerprint density at radius 2 is 1.44 bits per heavy atom. The number of benzene rings is 2. The van der Waals surface area contributed by atoms with Gasteiger partial charge in [-0.1, -0.05) is 29.3 Å². The summed E-state index contributed by atoms with van der Waals surface area (Å²) in [6.07, 6.45) is -5.11. The van der Waals surface area contributed by atoms with Crippen LogP contribution in [0, 0.1) is 34.1 Å². The van der Waals surface area contributed by atoms with Crippen LogP contribution in [-0.2, 0) is 6.18 Å². The van der Waals surface area contributed by atoms with Gasteiger partial charge in [0, 0.05) is 6.07 Å². The molecule has 0 aliphatic heterocycles. The van der Waals surface area contributed by atoms with E-state index >= 15 is 0 Å². The van der Waals surface area contributed by atoms with Gasteiger partial charge in [0.1, 0.15) is 5.69 Å². The van der Waals surface area contributed by atoms with Gasteiger partial charge in [0.05, 0.1) is 37.2 Å². The van der Waals surface area contributed by atoms with Crippen LogP contribution in [0.15, 0.2) is 18.2 Å². The molecule has 0 fully saturated rings. The number of nitro groups is 2. The lowest BCUT2D eigenvalue weighted by atomic mass is 10.1. The summed E-state index contributed by atoms with van der Waals surface area (Å²) in [5, 5.41) is 24.3. The van der Waals surface area contributed by atoms with Crippen molar-refractivity contribution in [3.8, 4) is 0 Å². The average molecular weight is 424 g/mol. The molecule has 0 amide bonds. The highest BCUT2D eigenvalue weighted by Crippen LogP contribution is 2.46. The van der Waals surface area contributed by atoms with Crippen molar-refractivity contribution in [1.29, 1.82) is 0 Å². The Labute approximate surface area is 160 Å². The number of rotatable bonds is 4. The minimum Gasteiger partial charge on any atom is -0.347 e. The van der Waals surface area contributed by atoms with E-state index in [9.17, 15) is 33.4 Å². The largest absolute Gasteiger partial charge is 0.418 e. The van der Waals surface area contributed by atoms with Gasteiger partial charge in [0.25, 0.3) is 11.4 Å². The van der Waals surface area contributed by atoms with Gasteiger partial charge in [0.2, 0.25) is 0 Å². The van der Waals surface area contributed by atoms with Crippen LogP contribution in [0.3, 0.4) is 0 Å². The van der Waals surface area contributed by atoms with E-state index in [1.54, 1.807) is 19.9 Å². The van der Waals surface area contributed by atoms with Crippen molar-refractivity contribution in [3.05, 3.63) is 65.2 Å². The predicted molar refractivity (Wildman–Crippen MR) is 94.0 cm³/mol. The van der Waals surface area contributed by atoms with Crippen molar-refractivity contribution in [2.24, 2.45) is 0 Å². The second-order valence-corrected chi connectivity index (χ2v) is 6.29. The van der Waals surface area contributed by atoms with Crippen molar-refractivity contribution >= 4 is 46.0 Å². The summed E-state index contributed by atoms with van der Waals surface area (Å²) in [7, 11) is 0. The third kappa shape index (κ3) is 4.06. The van der Waals surface area contributed by atoms with Crippen LogP contribution in [0.25, 0.3) is 0 Å². The van der Waals surface area contributed by atoms with Crippen LogP contribution < -0.4 is 5.32 Å². The number of non-ortho nitro benzene ring substituents is 1. The number of nitro benzene ring substituents is 2. The first-order chi connectivity index (χ1) is 12.3. The Hall–Kier alpha value is -2.59. The fourth-order valence-electron chi connectivity index (χ4n) is 2.39. The molecule has 0 radical (unpaired) electrons. The lowest BCUT2D eigenvalue weighted by Crippen LogP contribution is -2.12. The molecule has 0 saturated carbocycles. The Balaban J connectivity index is 2.84. The third-order valence-electron chi connectivity index (χ3n) is 3.63. The van der Waals surface area contributed by atoms with Crippen LogP contribution in [0.1, 0.15) is 16.7 Å². The van der Waals surface area contributed by atoms with Crippen molar-refractivity contribution in [1.82, 2.24) is 0 Å². The van der Waals surface area contributed by atoms with E-state index in [2.05, 4.69) is 5.32 Å². The first kappa shape index (κ1) is 20.7. The van der Waals surface area contributed by atoms with Crippen molar-refractivity contribution in [2.45, 2.75) is 20.0 Å². The van der Waals surface area contributed by atoms with Crippen molar-refractivity contribution in [3.63, 3.8) is 0 Å². The van der Waals surface area contributed by atoms with Crippen LogP contribution in [-0.4, -0.2) is 9.85 Å². The summed E-state index contributed by atoms with van der Waals surface area (Å²) in [5.74, 6) is 0. The average Bonchev–Trinajstić information content (AvgIpc) is 2.55. The Morgan fingerprint density at radius 3 is 1.85 bits per heavy atom. The van der Waals surface area contributed by atoms with Crippen LogP contribution in [0.4, 0.5) is 35.9 Å². The van der Waals surface area contributed by atoms with E-state index in [1.165, 1.54) is 0 Å². The van der Waals surface area contributed by atoms with Crippen molar-refractivity contribution in [2.75, 3.05) is 5.32 Å². The zero-order valence-electron chi connectivity index (χ0n) is 13.6. The molecule has 12 heteroatoms. The number of hydrogen-bond acceptors (Lipinski definition) is 5. The number of aryl methyl sites for hydroxylation is 2. The van der Waals surface area contributed by atoms with Crippen LogP contribution in [0.5, 0.6) is 0 Å². The highest BCUT2D eigenvalue weighted by Gasteiger charge is 2.40. The molecule has 0 saturated heterocycles. The molecule has 2 aromatic carbocycles. The summed E-state index contributed by atoms with van der Waals surface area (Å²) in [5.41, 5.74) is -4.02. The molecule has 0 aromatic heterocycles. The molecular weight excluding hydrogens is 414 g/mol. The van der Waals surface area contributed by atoms with E-state index in [-0.39, 0.29) is 21.8 Å². The summed E-state index contributed by atoms with van der Waals surface area (Å²) < 4.78 is 40.3. The molecule has 2 rings (SSSR count). The quantitative estimate of drug-likeness (QED) is 0.466. The number of nitrogens with one attached hydrogen (secondary N) is 1. The maximum Gasteiger partial charge on any atom is 0.418 e. The molecule has 7 nitrogen and oxygen atoms in total. The SMILES string of the molecule is Cc1cc(C)c(Cl)c(Nc2c([N+](=O)[O-])cc([N+](=O)[O-])cc2C(F)(F)F)c1Cl. The highest BCUT2D eigenvalue weighted by atomic mass is 35.5. The first-order valence-corrected chi connectivity index (χ1v) is 7.86. The number of alkyl halides is 3. The molecule has 0 aliphatic carbocycles. The monoisotopic (exact) mass is 423 g/mol. The maximum atomic E-state index is 13.4. The Morgan fingerprint density at radius 1 is 0.926 bits per heavy atom. The number of hydrogen-bond donors (Lipinski definition) is 1. The van der Waals surface area contributed by atoms with E-state index in [4.69, 9.17) is 23.2 Å². The molecule has 0 aliphatic rings. The first-order valence-electron chi connectivity index (χ1n) is 7.10. The normalized spacial score (nSPS) is 11.4. The molecule has 2 aromatic rings. The smallest absolute Gasteiger partial charge is 0.347 e. The fraction of sp³-hybridized carbons (Fsp3) is 0.200. The predicted octanol–water partition coefficient (Wildman–Crippen LogP) is 6.19.